The van der Waals surface area contributed by atoms with Crippen molar-refractivity contribution in [3.8, 4) is 11.5 Å². The third kappa shape index (κ3) is 6.11. The Morgan fingerprint density at radius 2 is 1.81 bits per heavy atom. The van der Waals surface area contributed by atoms with Crippen LogP contribution in [-0.2, 0) is 4.79 Å². The summed E-state index contributed by atoms with van der Waals surface area (Å²) in [6, 6.07) is 6.23. The van der Waals surface area contributed by atoms with Crippen LogP contribution in [0.1, 0.15) is 32.1 Å². The number of carbonyl (C=O) groups excluding carboxylic acids is 1. The molecule has 1 unspecified atom stereocenters. The van der Waals surface area contributed by atoms with Crippen molar-refractivity contribution in [1.82, 2.24) is 15.5 Å². The molecule has 2 N–H and O–H groups in total. The number of hydrogen-bond donors (Lipinski definition) is 2. The summed E-state index contributed by atoms with van der Waals surface area (Å²) < 4.78 is 10.8. The average Bonchev–Trinajstić information content (AvgIpc) is 3.46. The fourth-order valence-electron chi connectivity index (χ4n) is 4.72. The minimum Gasteiger partial charge on any atom is -0.497 e. The monoisotopic (exact) mass is 559 g/mol. The highest BCUT2D eigenvalue weighted by molar-refractivity contribution is 14.0. The molecule has 32 heavy (non-hydrogen) atoms. The lowest BCUT2D eigenvalue weighted by Crippen LogP contribution is -2.51. The molecule has 1 amide bonds. The Kier molecular flexibility index (Phi) is 9.72. The van der Waals surface area contributed by atoms with Gasteiger partial charge in [0.15, 0.2) is 5.96 Å². The summed E-state index contributed by atoms with van der Waals surface area (Å²) in [6.45, 7) is 2.42. The van der Waals surface area contributed by atoms with Gasteiger partial charge in [0.05, 0.1) is 19.6 Å². The van der Waals surface area contributed by atoms with E-state index in [1.165, 1.54) is 0 Å². The summed E-state index contributed by atoms with van der Waals surface area (Å²) in [5.74, 6) is 2.55. The number of nitrogens with zero attached hydrogens (tertiary/aromatic N) is 3. The minimum absolute atomic E-state index is 0. The van der Waals surface area contributed by atoms with Crippen molar-refractivity contribution in [2.45, 2.75) is 38.1 Å². The predicted octanol–water partition coefficient (Wildman–Crippen LogP) is 2.71. The number of guanidine groups is 1. The summed E-state index contributed by atoms with van der Waals surface area (Å²) in [4.78, 5) is 21.3. The highest BCUT2D eigenvalue weighted by Gasteiger charge is 2.42. The van der Waals surface area contributed by atoms with E-state index in [0.29, 0.717) is 6.54 Å². The first-order chi connectivity index (χ1) is 14.9. The topological polar surface area (TPSA) is 78.4 Å². The minimum atomic E-state index is -0.319. The van der Waals surface area contributed by atoms with Crippen molar-refractivity contribution in [2.75, 3.05) is 59.9 Å². The van der Waals surface area contributed by atoms with E-state index >= 15 is 0 Å². The maximum absolute atomic E-state index is 12.8. The number of amides is 1. The fourth-order valence-corrected chi connectivity index (χ4v) is 4.72. The number of nitrogens with one attached hydrogen (secondary N) is 2. The number of benzene rings is 1. The molecular weight excluding hydrogens is 521 g/mol. The van der Waals surface area contributed by atoms with Gasteiger partial charge in [-0.2, -0.15) is 0 Å². The van der Waals surface area contributed by atoms with Crippen LogP contribution in [0.2, 0.25) is 0 Å². The van der Waals surface area contributed by atoms with Crippen molar-refractivity contribution in [3.05, 3.63) is 18.2 Å². The molecule has 1 aliphatic carbocycles. The van der Waals surface area contributed by atoms with Crippen LogP contribution in [0.3, 0.4) is 0 Å². The quantitative estimate of drug-likeness (QED) is 0.304. The van der Waals surface area contributed by atoms with E-state index in [9.17, 15) is 4.79 Å². The molecule has 2 fully saturated rings. The highest BCUT2D eigenvalue weighted by Crippen LogP contribution is 2.39. The maximum Gasteiger partial charge on any atom is 0.230 e. The second kappa shape index (κ2) is 11.8. The molecule has 0 spiro atoms. The third-order valence-electron chi connectivity index (χ3n) is 6.47. The van der Waals surface area contributed by atoms with E-state index in [1.54, 1.807) is 26.2 Å². The van der Waals surface area contributed by atoms with E-state index in [0.717, 1.165) is 68.3 Å². The summed E-state index contributed by atoms with van der Waals surface area (Å²) in [7, 11) is 8.80. The number of rotatable bonds is 7. The fraction of sp³-hybridized carbons (Fsp3) is 0.652. The van der Waals surface area contributed by atoms with Gasteiger partial charge in [-0.1, -0.05) is 12.8 Å². The molecule has 1 saturated heterocycles. The number of halogens is 1. The zero-order chi connectivity index (χ0) is 22.4. The zero-order valence-electron chi connectivity index (χ0n) is 19.9. The van der Waals surface area contributed by atoms with Crippen LogP contribution in [0.25, 0.3) is 0 Å². The molecule has 3 rings (SSSR count). The van der Waals surface area contributed by atoms with Gasteiger partial charge in [-0.05, 0) is 19.3 Å². The van der Waals surface area contributed by atoms with Crippen molar-refractivity contribution in [3.63, 3.8) is 0 Å². The van der Waals surface area contributed by atoms with Gasteiger partial charge in [0.2, 0.25) is 5.91 Å². The van der Waals surface area contributed by atoms with E-state index in [1.807, 2.05) is 32.3 Å². The van der Waals surface area contributed by atoms with Crippen LogP contribution < -0.4 is 25.0 Å². The Morgan fingerprint density at radius 3 is 2.34 bits per heavy atom. The lowest BCUT2D eigenvalue weighted by atomic mass is 9.84. The summed E-state index contributed by atoms with van der Waals surface area (Å²) >= 11 is 0. The van der Waals surface area contributed by atoms with Gasteiger partial charge in [0.25, 0.3) is 0 Å². The molecular formula is C23H38IN5O3. The van der Waals surface area contributed by atoms with Crippen LogP contribution >= 0.6 is 24.0 Å². The summed E-state index contributed by atoms with van der Waals surface area (Å²) in [5.41, 5.74) is 0.768. The molecule has 2 aliphatic rings. The highest BCUT2D eigenvalue weighted by atomic mass is 127. The van der Waals surface area contributed by atoms with Gasteiger partial charge in [-0.15, -0.1) is 24.0 Å². The third-order valence-corrected chi connectivity index (χ3v) is 6.47. The van der Waals surface area contributed by atoms with E-state index in [4.69, 9.17) is 9.47 Å². The maximum atomic E-state index is 12.8. The van der Waals surface area contributed by atoms with Gasteiger partial charge in [0, 0.05) is 70.7 Å². The zero-order valence-corrected chi connectivity index (χ0v) is 22.3. The van der Waals surface area contributed by atoms with Crippen LogP contribution in [0.15, 0.2) is 23.2 Å². The molecule has 180 valence electrons. The Morgan fingerprint density at radius 1 is 1.19 bits per heavy atom. The number of carbonyl (C=O) groups is 1. The second-order valence-electron chi connectivity index (χ2n) is 8.76. The first-order valence-corrected chi connectivity index (χ1v) is 11.1. The van der Waals surface area contributed by atoms with Gasteiger partial charge in [-0.3, -0.25) is 9.79 Å². The van der Waals surface area contributed by atoms with E-state index in [2.05, 4.69) is 20.5 Å². The number of ether oxygens (including phenoxy) is 2. The Bertz CT molecular complexity index is 774. The molecule has 9 heteroatoms. The van der Waals surface area contributed by atoms with Gasteiger partial charge >= 0.3 is 0 Å². The molecule has 8 nitrogen and oxygen atoms in total. The van der Waals surface area contributed by atoms with Crippen LogP contribution in [-0.4, -0.2) is 77.8 Å². The Balaban J connectivity index is 0.00000363. The van der Waals surface area contributed by atoms with Crippen molar-refractivity contribution >= 4 is 41.5 Å². The number of anilines is 1. The van der Waals surface area contributed by atoms with Gasteiger partial charge < -0.3 is 29.9 Å². The summed E-state index contributed by atoms with van der Waals surface area (Å²) in [6.07, 6.45) is 5.08. The van der Waals surface area contributed by atoms with Crippen LogP contribution in [0, 0.1) is 5.41 Å². The Labute approximate surface area is 209 Å². The molecule has 1 aliphatic heterocycles. The SMILES string of the molecule is CN=C(NCC1(C(=O)N(C)C)CCCC1)NC1CCN(c2cc(OC)cc(OC)c2)C1.I. The molecule has 0 bridgehead atoms. The molecule has 0 aromatic heterocycles. The van der Waals surface area contributed by atoms with E-state index in [-0.39, 0.29) is 41.3 Å². The first kappa shape index (κ1) is 26.3. The van der Waals surface area contributed by atoms with Gasteiger partial charge in [0.1, 0.15) is 11.5 Å². The average molecular weight is 559 g/mol. The lowest BCUT2D eigenvalue weighted by molar-refractivity contribution is -0.138. The molecule has 1 aromatic rings. The number of hydrogen-bond acceptors (Lipinski definition) is 5. The standard InChI is InChI=1S/C23H37N5O3.HI/c1-24-22(25-16-23(9-6-7-10-23)21(29)27(2)3)26-17-8-11-28(15-17)18-12-19(30-4)14-20(13-18)31-5;/h12-14,17H,6-11,15-16H2,1-5H3,(H2,24,25,26);1H. The predicted molar refractivity (Wildman–Crippen MR) is 140 cm³/mol. The van der Waals surface area contributed by atoms with Crippen LogP contribution in [0.5, 0.6) is 11.5 Å². The van der Waals surface area contributed by atoms with E-state index < -0.39 is 0 Å². The summed E-state index contributed by atoms with van der Waals surface area (Å²) in [5, 5.41) is 6.98. The molecule has 1 heterocycles. The lowest BCUT2D eigenvalue weighted by Gasteiger charge is -2.31. The normalized spacial score (nSPS) is 19.8. The first-order valence-electron chi connectivity index (χ1n) is 11.1. The second-order valence-corrected chi connectivity index (χ2v) is 8.76. The van der Waals surface area contributed by atoms with Gasteiger partial charge in [-0.25, -0.2) is 0 Å². The number of methoxy groups -OCH3 is 2. The Hall–Kier alpha value is -1.91. The molecule has 0 radical (unpaired) electrons. The molecule has 1 atom stereocenters. The van der Waals surface area contributed by atoms with Crippen molar-refractivity contribution in [1.29, 1.82) is 0 Å². The smallest absolute Gasteiger partial charge is 0.230 e. The van der Waals surface area contributed by atoms with Crippen LogP contribution in [0.4, 0.5) is 5.69 Å². The number of aliphatic imine (C=N–C) groups is 1. The molecule has 1 aromatic carbocycles. The largest absolute Gasteiger partial charge is 0.497 e. The molecule has 1 saturated carbocycles. The van der Waals surface area contributed by atoms with Crippen molar-refractivity contribution < 1.29 is 14.3 Å². The van der Waals surface area contributed by atoms with Crippen molar-refractivity contribution in [2.24, 2.45) is 10.4 Å².